The molecule has 0 unspecified atom stereocenters. The van der Waals surface area contributed by atoms with Gasteiger partial charge in [0.1, 0.15) is 12.4 Å². The van der Waals surface area contributed by atoms with Crippen molar-refractivity contribution in [2.75, 3.05) is 20.2 Å². The number of benzene rings is 1. The molecule has 0 aliphatic heterocycles. The quantitative estimate of drug-likeness (QED) is 0.836. The summed E-state index contributed by atoms with van der Waals surface area (Å²) in [6.07, 6.45) is 1.61. The molecule has 0 spiro atoms. The number of nitrogens with two attached hydrogens (primary N) is 1. The van der Waals surface area contributed by atoms with Crippen molar-refractivity contribution in [3.8, 4) is 5.75 Å². The molecular formula is C14H21ClN2O2. The number of hydrogen-bond acceptors (Lipinski definition) is 3. The van der Waals surface area contributed by atoms with E-state index < -0.39 is 6.04 Å². The Hall–Kier alpha value is -1.26. The van der Waals surface area contributed by atoms with Crippen molar-refractivity contribution < 1.29 is 9.53 Å². The molecule has 0 aromatic heterocycles. The van der Waals surface area contributed by atoms with Gasteiger partial charge in [0, 0.05) is 12.1 Å². The lowest BCUT2D eigenvalue weighted by molar-refractivity contribution is -0.131. The van der Waals surface area contributed by atoms with Crippen LogP contribution in [0.2, 0.25) is 5.02 Å². The van der Waals surface area contributed by atoms with Gasteiger partial charge in [0.2, 0.25) is 5.91 Å². The van der Waals surface area contributed by atoms with E-state index in [4.69, 9.17) is 22.1 Å². The van der Waals surface area contributed by atoms with Gasteiger partial charge in [-0.2, -0.15) is 0 Å². The van der Waals surface area contributed by atoms with E-state index in [9.17, 15) is 4.79 Å². The molecule has 5 heteroatoms. The lowest BCUT2D eigenvalue weighted by Crippen LogP contribution is -2.43. The van der Waals surface area contributed by atoms with Crippen LogP contribution in [0.4, 0.5) is 0 Å². The number of rotatable bonds is 7. The highest BCUT2D eigenvalue weighted by Crippen LogP contribution is 2.15. The smallest absolute Gasteiger partial charge is 0.239 e. The first-order chi connectivity index (χ1) is 9.04. The molecule has 0 aliphatic carbocycles. The Labute approximate surface area is 119 Å². The summed E-state index contributed by atoms with van der Waals surface area (Å²) >= 11 is 5.78. The van der Waals surface area contributed by atoms with Gasteiger partial charge in [-0.25, -0.2) is 0 Å². The second kappa shape index (κ2) is 8.02. The Kier molecular flexibility index (Phi) is 6.67. The van der Waals surface area contributed by atoms with Crippen LogP contribution in [0.1, 0.15) is 19.8 Å². The van der Waals surface area contributed by atoms with E-state index in [1.54, 1.807) is 36.2 Å². The number of likely N-dealkylation sites (N-methyl/N-ethyl adjacent to an activating group) is 1. The van der Waals surface area contributed by atoms with Crippen molar-refractivity contribution in [2.45, 2.75) is 25.8 Å². The van der Waals surface area contributed by atoms with Crippen molar-refractivity contribution in [3.63, 3.8) is 0 Å². The highest BCUT2D eigenvalue weighted by atomic mass is 35.5. The van der Waals surface area contributed by atoms with E-state index in [1.165, 1.54) is 0 Å². The Morgan fingerprint density at radius 2 is 2.05 bits per heavy atom. The Balaban J connectivity index is 2.32. The fourth-order valence-electron chi connectivity index (χ4n) is 1.66. The van der Waals surface area contributed by atoms with Crippen LogP contribution in [0.5, 0.6) is 5.75 Å². The van der Waals surface area contributed by atoms with Crippen LogP contribution in [0.25, 0.3) is 0 Å². The molecule has 0 bridgehead atoms. The van der Waals surface area contributed by atoms with Gasteiger partial charge in [0.25, 0.3) is 0 Å². The number of ether oxygens (including phenoxy) is 1. The molecule has 0 aliphatic rings. The SMILES string of the molecule is CCC[C@H](N)C(=O)N(C)CCOc1ccc(Cl)cc1. The fourth-order valence-corrected chi connectivity index (χ4v) is 1.78. The number of hydrogen-bond donors (Lipinski definition) is 1. The van der Waals surface area contributed by atoms with Gasteiger partial charge in [-0.05, 0) is 30.7 Å². The second-order valence-electron chi connectivity index (χ2n) is 4.46. The second-order valence-corrected chi connectivity index (χ2v) is 4.89. The predicted octanol–water partition coefficient (Wildman–Crippen LogP) is 2.30. The Morgan fingerprint density at radius 1 is 1.42 bits per heavy atom. The molecule has 19 heavy (non-hydrogen) atoms. The fraction of sp³-hybridized carbons (Fsp3) is 0.500. The van der Waals surface area contributed by atoms with Crippen LogP contribution in [0.15, 0.2) is 24.3 Å². The molecular weight excluding hydrogens is 264 g/mol. The van der Waals surface area contributed by atoms with E-state index in [1.807, 2.05) is 6.92 Å². The minimum absolute atomic E-state index is 0.0402. The van der Waals surface area contributed by atoms with E-state index >= 15 is 0 Å². The number of carbonyl (C=O) groups excluding carboxylic acids is 1. The molecule has 1 rings (SSSR count). The predicted molar refractivity (Wildman–Crippen MR) is 77.5 cm³/mol. The van der Waals surface area contributed by atoms with Crippen molar-refractivity contribution in [1.29, 1.82) is 0 Å². The summed E-state index contributed by atoms with van der Waals surface area (Å²) in [6.45, 7) is 2.96. The standard InChI is InChI=1S/C14H21ClN2O2/c1-3-4-13(16)14(18)17(2)9-10-19-12-7-5-11(15)6-8-12/h5-8,13H,3-4,9-10,16H2,1-2H3/t13-/m0/s1. The maximum Gasteiger partial charge on any atom is 0.239 e. The van der Waals surface area contributed by atoms with E-state index in [2.05, 4.69) is 0 Å². The van der Waals surface area contributed by atoms with Crippen LogP contribution in [-0.2, 0) is 4.79 Å². The average Bonchev–Trinajstić information content (AvgIpc) is 2.40. The van der Waals surface area contributed by atoms with Gasteiger partial charge in [0.05, 0.1) is 12.6 Å². The van der Waals surface area contributed by atoms with Crippen molar-refractivity contribution >= 4 is 17.5 Å². The third-order valence-electron chi connectivity index (χ3n) is 2.80. The lowest BCUT2D eigenvalue weighted by Gasteiger charge is -2.21. The van der Waals surface area contributed by atoms with Crippen LogP contribution in [0, 0.1) is 0 Å². The van der Waals surface area contributed by atoms with Gasteiger partial charge in [-0.3, -0.25) is 4.79 Å². The number of amides is 1. The van der Waals surface area contributed by atoms with Gasteiger partial charge >= 0.3 is 0 Å². The summed E-state index contributed by atoms with van der Waals surface area (Å²) < 4.78 is 5.53. The topological polar surface area (TPSA) is 55.6 Å². The first kappa shape index (κ1) is 15.8. The van der Waals surface area contributed by atoms with Gasteiger partial charge in [0.15, 0.2) is 0 Å². The number of halogens is 1. The molecule has 0 fully saturated rings. The zero-order valence-electron chi connectivity index (χ0n) is 11.4. The van der Waals surface area contributed by atoms with E-state index in [0.29, 0.717) is 24.6 Å². The van der Waals surface area contributed by atoms with Crippen molar-refractivity contribution in [1.82, 2.24) is 4.90 Å². The summed E-state index contributed by atoms with van der Waals surface area (Å²) in [6, 6.07) is 6.72. The molecule has 1 aromatic rings. The third kappa shape index (κ3) is 5.49. The Morgan fingerprint density at radius 3 is 2.63 bits per heavy atom. The molecule has 2 N–H and O–H groups in total. The summed E-state index contributed by atoms with van der Waals surface area (Å²) in [5.74, 6) is 0.699. The van der Waals surface area contributed by atoms with E-state index in [0.717, 1.165) is 12.2 Å². The molecule has 1 aromatic carbocycles. The first-order valence-corrected chi connectivity index (χ1v) is 6.81. The van der Waals surface area contributed by atoms with E-state index in [-0.39, 0.29) is 5.91 Å². The highest BCUT2D eigenvalue weighted by Gasteiger charge is 2.16. The summed E-state index contributed by atoms with van der Waals surface area (Å²) in [5.41, 5.74) is 5.78. The molecule has 0 radical (unpaired) electrons. The molecule has 4 nitrogen and oxygen atoms in total. The number of nitrogens with zero attached hydrogens (tertiary/aromatic N) is 1. The summed E-state index contributed by atoms with van der Waals surface area (Å²) in [4.78, 5) is 13.5. The lowest BCUT2D eigenvalue weighted by atomic mass is 10.1. The third-order valence-corrected chi connectivity index (χ3v) is 3.05. The largest absolute Gasteiger partial charge is 0.492 e. The molecule has 1 amide bonds. The molecule has 0 heterocycles. The van der Waals surface area contributed by atoms with Crippen LogP contribution in [-0.4, -0.2) is 37.0 Å². The first-order valence-electron chi connectivity index (χ1n) is 6.43. The molecule has 0 saturated heterocycles. The van der Waals surface area contributed by atoms with Crippen molar-refractivity contribution in [3.05, 3.63) is 29.3 Å². The number of carbonyl (C=O) groups is 1. The van der Waals surface area contributed by atoms with Crippen molar-refractivity contribution in [2.24, 2.45) is 5.73 Å². The van der Waals surface area contributed by atoms with Crippen LogP contribution >= 0.6 is 11.6 Å². The molecule has 0 saturated carbocycles. The zero-order chi connectivity index (χ0) is 14.3. The van der Waals surface area contributed by atoms with Gasteiger partial charge in [-0.1, -0.05) is 24.9 Å². The van der Waals surface area contributed by atoms with Crippen LogP contribution in [0.3, 0.4) is 0 Å². The zero-order valence-corrected chi connectivity index (χ0v) is 12.2. The van der Waals surface area contributed by atoms with Gasteiger partial charge < -0.3 is 15.4 Å². The molecule has 1 atom stereocenters. The molecule has 106 valence electrons. The maximum atomic E-state index is 11.8. The maximum absolute atomic E-state index is 11.8. The Bertz CT molecular complexity index is 395. The van der Waals surface area contributed by atoms with Crippen LogP contribution < -0.4 is 10.5 Å². The monoisotopic (exact) mass is 284 g/mol. The normalized spacial score (nSPS) is 12.0. The minimum atomic E-state index is -0.412. The summed E-state index contributed by atoms with van der Waals surface area (Å²) in [5, 5.41) is 0.671. The summed E-state index contributed by atoms with van der Waals surface area (Å²) in [7, 11) is 1.74. The average molecular weight is 285 g/mol. The highest BCUT2D eigenvalue weighted by molar-refractivity contribution is 6.30. The van der Waals surface area contributed by atoms with Gasteiger partial charge in [-0.15, -0.1) is 0 Å². The minimum Gasteiger partial charge on any atom is -0.492 e.